The number of nitrogens with one attached hydrogen (secondary N) is 1. The number of nitrogens with zero attached hydrogens (tertiary/aromatic N) is 3. The summed E-state index contributed by atoms with van der Waals surface area (Å²) < 4.78 is 0. The second kappa shape index (κ2) is 9.01. The van der Waals surface area contributed by atoms with Crippen LogP contribution >= 0.6 is 0 Å². The first-order chi connectivity index (χ1) is 8.53. The molecule has 0 bridgehead atoms. The van der Waals surface area contributed by atoms with E-state index in [4.69, 9.17) is 27.1 Å². The van der Waals surface area contributed by atoms with Gasteiger partial charge >= 0.3 is 0 Å². The quantitative estimate of drug-likeness (QED) is 0.0971. The predicted molar refractivity (Wildman–Crippen MR) is 62.4 cm³/mol. The topological polar surface area (TPSA) is 170 Å². The summed E-state index contributed by atoms with van der Waals surface area (Å²) in [7, 11) is 0. The van der Waals surface area contributed by atoms with Gasteiger partial charge in [0.2, 0.25) is 0 Å². The van der Waals surface area contributed by atoms with E-state index >= 15 is 0 Å². The van der Waals surface area contributed by atoms with E-state index in [9.17, 15) is 4.79 Å². The Kier molecular flexibility index (Phi) is 7.98. The van der Waals surface area contributed by atoms with Crippen LogP contribution in [0.4, 0.5) is 0 Å². The van der Waals surface area contributed by atoms with Crippen molar-refractivity contribution < 1.29 is 20.4 Å². The maximum absolute atomic E-state index is 11.0. The molecule has 8 N–H and O–H groups in total. The fraction of sp³-hybridized carbons (Fsp3) is 0.625. The van der Waals surface area contributed by atoms with E-state index in [1.54, 1.807) is 4.90 Å². The summed E-state index contributed by atoms with van der Waals surface area (Å²) >= 11 is 0. The van der Waals surface area contributed by atoms with Crippen molar-refractivity contribution >= 4 is 17.6 Å². The molecule has 0 aliphatic carbocycles. The summed E-state index contributed by atoms with van der Waals surface area (Å²) in [5, 5.41) is 30.8. The molecule has 0 saturated heterocycles. The third-order valence-corrected chi connectivity index (χ3v) is 2.12. The molecular weight excluding hydrogens is 244 g/mol. The molecule has 0 atom stereocenters. The molecule has 0 aromatic heterocycles. The fourth-order valence-corrected chi connectivity index (χ4v) is 1.15. The van der Waals surface area contributed by atoms with E-state index in [-0.39, 0.29) is 31.1 Å². The van der Waals surface area contributed by atoms with Crippen molar-refractivity contribution in [3.05, 3.63) is 0 Å². The standard InChI is InChI=1S/C8H18N6O4/c9-6(11-16)1-3-14(5-8(15)13-18)4-2-7(10)12-17/h16-18H,1-5H2,(H2,9,11)(H2,10,12)(H,13,15). The Morgan fingerprint density at radius 1 is 1.11 bits per heavy atom. The Labute approximate surface area is 103 Å². The van der Waals surface area contributed by atoms with Gasteiger partial charge in [-0.05, 0) is 0 Å². The monoisotopic (exact) mass is 262 g/mol. The molecular formula is C8H18N6O4. The lowest BCUT2D eigenvalue weighted by atomic mass is 10.3. The lowest BCUT2D eigenvalue weighted by molar-refractivity contribution is -0.130. The van der Waals surface area contributed by atoms with Crippen LogP contribution in [-0.4, -0.2) is 57.7 Å². The molecule has 0 fully saturated rings. The van der Waals surface area contributed by atoms with Crippen LogP contribution in [-0.2, 0) is 4.79 Å². The third-order valence-electron chi connectivity index (χ3n) is 2.12. The molecule has 10 nitrogen and oxygen atoms in total. The van der Waals surface area contributed by atoms with E-state index in [1.807, 2.05) is 0 Å². The fourth-order valence-electron chi connectivity index (χ4n) is 1.15. The van der Waals surface area contributed by atoms with Crippen molar-refractivity contribution in [1.29, 1.82) is 0 Å². The highest BCUT2D eigenvalue weighted by atomic mass is 16.5. The molecule has 10 heteroatoms. The molecule has 104 valence electrons. The summed E-state index contributed by atoms with van der Waals surface area (Å²) in [5.41, 5.74) is 12.1. The van der Waals surface area contributed by atoms with Crippen LogP contribution in [0.15, 0.2) is 10.3 Å². The lowest BCUT2D eigenvalue weighted by Gasteiger charge is -2.20. The molecule has 0 unspecified atom stereocenters. The highest BCUT2D eigenvalue weighted by Gasteiger charge is 2.11. The first-order valence-electron chi connectivity index (χ1n) is 5.11. The maximum atomic E-state index is 11.0. The molecule has 0 aliphatic heterocycles. The summed E-state index contributed by atoms with van der Waals surface area (Å²) in [4.78, 5) is 12.6. The predicted octanol–water partition coefficient (Wildman–Crippen LogP) is -1.93. The van der Waals surface area contributed by atoms with Crippen LogP contribution < -0.4 is 16.9 Å². The van der Waals surface area contributed by atoms with Gasteiger partial charge in [0.15, 0.2) is 0 Å². The van der Waals surface area contributed by atoms with E-state index in [0.717, 1.165) is 0 Å². The zero-order chi connectivity index (χ0) is 14.0. The minimum absolute atomic E-state index is 0.0215. The van der Waals surface area contributed by atoms with Gasteiger partial charge in [0, 0.05) is 25.9 Å². The molecule has 0 spiro atoms. The number of nitrogens with two attached hydrogens (primary N) is 2. The second-order valence-corrected chi connectivity index (χ2v) is 3.49. The molecule has 0 saturated carbocycles. The van der Waals surface area contributed by atoms with Crippen LogP contribution in [0.3, 0.4) is 0 Å². The van der Waals surface area contributed by atoms with Gasteiger partial charge in [0.1, 0.15) is 11.7 Å². The van der Waals surface area contributed by atoms with Crippen LogP contribution in [0.25, 0.3) is 0 Å². The van der Waals surface area contributed by atoms with Crippen LogP contribution in [0.1, 0.15) is 12.8 Å². The molecule has 0 rings (SSSR count). The summed E-state index contributed by atoms with van der Waals surface area (Å²) in [6.45, 7) is 0.554. The highest BCUT2D eigenvalue weighted by Crippen LogP contribution is 1.95. The highest BCUT2D eigenvalue weighted by molar-refractivity contribution is 5.81. The normalized spacial score (nSPS) is 12.8. The Bertz CT molecular complexity index is 297. The van der Waals surface area contributed by atoms with Gasteiger partial charge in [-0.25, -0.2) is 5.48 Å². The average molecular weight is 262 g/mol. The van der Waals surface area contributed by atoms with Gasteiger partial charge in [0.05, 0.1) is 6.54 Å². The van der Waals surface area contributed by atoms with E-state index < -0.39 is 5.91 Å². The zero-order valence-corrected chi connectivity index (χ0v) is 9.78. The number of hydroxylamine groups is 1. The van der Waals surface area contributed by atoms with Crippen LogP contribution in [0.2, 0.25) is 0 Å². The summed E-state index contributed by atoms with van der Waals surface area (Å²) in [5.74, 6) is -0.560. The summed E-state index contributed by atoms with van der Waals surface area (Å²) in [6.07, 6.45) is 0.483. The van der Waals surface area contributed by atoms with Crippen molar-refractivity contribution in [2.45, 2.75) is 12.8 Å². The molecule has 0 heterocycles. The SMILES string of the molecule is N/C(CCN(CC/C(N)=N\O)CC(=O)NO)=N\O. The van der Waals surface area contributed by atoms with Gasteiger partial charge < -0.3 is 21.9 Å². The lowest BCUT2D eigenvalue weighted by Crippen LogP contribution is -2.39. The van der Waals surface area contributed by atoms with E-state index in [1.165, 1.54) is 5.48 Å². The third kappa shape index (κ3) is 7.24. The zero-order valence-electron chi connectivity index (χ0n) is 9.78. The summed E-state index contributed by atoms with van der Waals surface area (Å²) in [6, 6.07) is 0. The van der Waals surface area contributed by atoms with Crippen LogP contribution in [0, 0.1) is 0 Å². The van der Waals surface area contributed by atoms with E-state index in [2.05, 4.69) is 10.3 Å². The van der Waals surface area contributed by atoms with Crippen molar-refractivity contribution in [1.82, 2.24) is 10.4 Å². The number of carbonyl (C=O) groups is 1. The van der Waals surface area contributed by atoms with Gasteiger partial charge in [-0.3, -0.25) is 14.9 Å². The molecule has 0 radical (unpaired) electrons. The molecule has 0 aliphatic rings. The maximum Gasteiger partial charge on any atom is 0.257 e. The number of amidine groups is 2. The molecule has 0 aromatic carbocycles. The van der Waals surface area contributed by atoms with Crippen molar-refractivity contribution in [3.63, 3.8) is 0 Å². The van der Waals surface area contributed by atoms with Crippen molar-refractivity contribution in [2.75, 3.05) is 19.6 Å². The number of rotatable bonds is 8. The Morgan fingerprint density at radius 3 is 1.89 bits per heavy atom. The first-order valence-corrected chi connectivity index (χ1v) is 5.11. The average Bonchev–Trinajstić information content (AvgIpc) is 2.40. The van der Waals surface area contributed by atoms with Crippen molar-refractivity contribution in [2.24, 2.45) is 21.8 Å². The van der Waals surface area contributed by atoms with Gasteiger partial charge in [0.25, 0.3) is 5.91 Å². The van der Waals surface area contributed by atoms with Gasteiger partial charge in [-0.1, -0.05) is 10.3 Å². The van der Waals surface area contributed by atoms with Crippen LogP contribution in [0.5, 0.6) is 0 Å². The first kappa shape index (κ1) is 15.9. The Hall–Kier alpha value is -2.07. The Balaban J connectivity index is 4.28. The number of amides is 1. The van der Waals surface area contributed by atoms with Gasteiger partial charge in [-0.2, -0.15) is 0 Å². The number of oxime groups is 2. The molecule has 0 aromatic rings. The minimum Gasteiger partial charge on any atom is -0.409 e. The second-order valence-electron chi connectivity index (χ2n) is 3.49. The number of carbonyl (C=O) groups excluding carboxylic acids is 1. The largest absolute Gasteiger partial charge is 0.409 e. The Morgan fingerprint density at radius 2 is 1.56 bits per heavy atom. The number of hydrogen-bond acceptors (Lipinski definition) is 7. The molecule has 18 heavy (non-hydrogen) atoms. The smallest absolute Gasteiger partial charge is 0.257 e. The van der Waals surface area contributed by atoms with Crippen molar-refractivity contribution in [3.8, 4) is 0 Å². The minimum atomic E-state index is -0.603. The van der Waals surface area contributed by atoms with E-state index in [0.29, 0.717) is 13.1 Å². The molecule has 1 amide bonds. The van der Waals surface area contributed by atoms with Gasteiger partial charge in [-0.15, -0.1) is 0 Å². The number of hydrogen-bond donors (Lipinski definition) is 6.